The molecule has 9 nitrogen and oxygen atoms in total. The molecule has 1 aromatic carbocycles. The smallest absolute Gasteiger partial charge is 0.306 e. The molecule has 3 unspecified atom stereocenters. The molecule has 0 aliphatic carbocycles. The molecule has 0 spiro atoms. The number of rotatable bonds is 17. The lowest BCUT2D eigenvalue weighted by Gasteiger charge is -2.30. The molecule has 0 aliphatic rings. The second-order valence-corrected chi connectivity index (χ2v) is 10.5. The van der Waals surface area contributed by atoms with Crippen molar-refractivity contribution < 1.29 is 29.0 Å². The van der Waals surface area contributed by atoms with Crippen LogP contribution in [-0.2, 0) is 30.3 Å². The Labute approximate surface area is 227 Å². The van der Waals surface area contributed by atoms with Gasteiger partial charge in [0.15, 0.2) is 0 Å². The molecule has 0 saturated carbocycles. The van der Waals surface area contributed by atoms with Crippen molar-refractivity contribution in [1.82, 2.24) is 16.0 Å². The van der Waals surface area contributed by atoms with Gasteiger partial charge >= 0.3 is 5.97 Å². The maximum Gasteiger partial charge on any atom is 0.306 e. The number of aliphatic hydroxyl groups excluding tert-OH is 1. The number of aliphatic hydroxyl groups is 1. The van der Waals surface area contributed by atoms with Gasteiger partial charge < -0.3 is 25.8 Å². The molecule has 3 amide bonds. The van der Waals surface area contributed by atoms with Crippen LogP contribution in [0.15, 0.2) is 30.3 Å². The lowest BCUT2D eigenvalue weighted by atomic mass is 9.92. The zero-order valence-corrected chi connectivity index (χ0v) is 23.8. The molecule has 0 heterocycles. The van der Waals surface area contributed by atoms with E-state index < -0.39 is 24.2 Å². The second kappa shape index (κ2) is 17.5. The summed E-state index contributed by atoms with van der Waals surface area (Å²) in [4.78, 5) is 49.0. The summed E-state index contributed by atoms with van der Waals surface area (Å²) < 4.78 is 4.62. The van der Waals surface area contributed by atoms with E-state index in [0.717, 1.165) is 12.0 Å². The lowest BCUT2D eigenvalue weighted by Crippen LogP contribution is -2.53. The fourth-order valence-electron chi connectivity index (χ4n) is 4.20. The van der Waals surface area contributed by atoms with E-state index >= 15 is 0 Å². The van der Waals surface area contributed by atoms with Gasteiger partial charge in [0.25, 0.3) is 0 Å². The van der Waals surface area contributed by atoms with Crippen LogP contribution in [0.4, 0.5) is 0 Å². The van der Waals surface area contributed by atoms with Crippen LogP contribution in [0.2, 0.25) is 0 Å². The summed E-state index contributed by atoms with van der Waals surface area (Å²) in [6.07, 6.45) is 1.74. The number of ether oxygens (including phenoxy) is 1. The summed E-state index contributed by atoms with van der Waals surface area (Å²) in [5, 5.41) is 20.0. The molecule has 1 rings (SSSR count). The first-order valence-corrected chi connectivity index (χ1v) is 13.6. The summed E-state index contributed by atoms with van der Waals surface area (Å²) in [6, 6.07) is 7.86. The molecule has 0 radical (unpaired) electrons. The Hall–Kier alpha value is -2.94. The van der Waals surface area contributed by atoms with E-state index in [9.17, 15) is 24.3 Å². The van der Waals surface area contributed by atoms with E-state index in [4.69, 9.17) is 0 Å². The normalized spacial score (nSPS) is 15.1. The number of carbonyl (C=O) groups excluding carboxylic acids is 4. The number of hydrogen-bond donors (Lipinski definition) is 4. The van der Waals surface area contributed by atoms with E-state index in [0.29, 0.717) is 25.2 Å². The van der Waals surface area contributed by atoms with Gasteiger partial charge in [-0.1, -0.05) is 64.4 Å². The van der Waals surface area contributed by atoms with Gasteiger partial charge in [-0.3, -0.25) is 19.2 Å². The average molecular weight is 534 g/mol. The molecule has 1 aromatic rings. The third-order valence-electron chi connectivity index (χ3n) is 6.71. The molecule has 0 saturated heterocycles. The Morgan fingerprint density at radius 2 is 1.61 bits per heavy atom. The number of esters is 1. The summed E-state index contributed by atoms with van der Waals surface area (Å²) in [6.45, 7) is 9.45. The van der Waals surface area contributed by atoms with E-state index in [1.165, 1.54) is 14.0 Å². The van der Waals surface area contributed by atoms with Crippen molar-refractivity contribution in [3.8, 4) is 0 Å². The largest absolute Gasteiger partial charge is 0.469 e. The Morgan fingerprint density at radius 3 is 2.16 bits per heavy atom. The molecule has 4 N–H and O–H groups in total. The number of carbonyl (C=O) groups is 4. The minimum atomic E-state index is -0.961. The molecule has 9 heteroatoms. The Bertz CT molecular complexity index is 876. The van der Waals surface area contributed by atoms with E-state index in [1.807, 2.05) is 44.2 Å². The van der Waals surface area contributed by atoms with E-state index in [2.05, 4.69) is 34.5 Å². The van der Waals surface area contributed by atoms with Gasteiger partial charge in [-0.2, -0.15) is 0 Å². The highest BCUT2D eigenvalue weighted by Crippen LogP contribution is 2.17. The van der Waals surface area contributed by atoms with Gasteiger partial charge in [-0.05, 0) is 43.1 Å². The van der Waals surface area contributed by atoms with Crippen molar-refractivity contribution in [2.75, 3.05) is 7.11 Å². The lowest BCUT2D eigenvalue weighted by molar-refractivity contribution is -0.142. The van der Waals surface area contributed by atoms with Gasteiger partial charge in [-0.15, -0.1) is 0 Å². The van der Waals surface area contributed by atoms with Gasteiger partial charge in [0.05, 0.1) is 25.7 Å². The van der Waals surface area contributed by atoms with Crippen LogP contribution in [0.5, 0.6) is 0 Å². The Kier molecular flexibility index (Phi) is 15.3. The summed E-state index contributed by atoms with van der Waals surface area (Å²) in [5.41, 5.74) is 0.940. The third kappa shape index (κ3) is 13.0. The summed E-state index contributed by atoms with van der Waals surface area (Å²) >= 11 is 0. The van der Waals surface area contributed by atoms with Crippen LogP contribution >= 0.6 is 0 Å². The highest BCUT2D eigenvalue weighted by atomic mass is 16.5. The molecule has 0 bridgehead atoms. The number of nitrogens with one attached hydrogen (secondary N) is 3. The van der Waals surface area contributed by atoms with Crippen LogP contribution in [-0.4, -0.2) is 60.1 Å². The van der Waals surface area contributed by atoms with Crippen molar-refractivity contribution >= 4 is 23.7 Å². The SMILES string of the molecule is CCC(C)[C@H](NC(C)=O)C(=O)NC(CCC(C)C)C[C@H](O)C(Cc1ccccc1)NC(=O)CCC(=O)OC. The summed E-state index contributed by atoms with van der Waals surface area (Å²) in [5.74, 6) is -1.06. The van der Waals surface area contributed by atoms with Crippen molar-refractivity contribution in [2.24, 2.45) is 11.8 Å². The molecule has 0 aliphatic heterocycles. The highest BCUT2D eigenvalue weighted by molar-refractivity contribution is 5.87. The standard InChI is InChI=1S/C29H47N3O6/c1-7-20(4)28(30-21(5)33)29(37)31-23(14-13-19(2)3)18-25(34)24(17-22-11-9-8-10-12-22)32-26(35)15-16-27(36)38-6/h8-12,19-20,23-25,28,34H,7,13-18H2,1-6H3,(H,30,33)(H,31,37)(H,32,35)/t20?,23?,24?,25-,28-/m0/s1. The quantitative estimate of drug-likeness (QED) is 0.228. The number of amides is 3. The fraction of sp³-hybridized carbons (Fsp3) is 0.655. The van der Waals surface area contributed by atoms with Gasteiger partial charge in [-0.25, -0.2) is 0 Å². The maximum atomic E-state index is 13.2. The first-order chi connectivity index (χ1) is 18.0. The number of methoxy groups -OCH3 is 1. The topological polar surface area (TPSA) is 134 Å². The number of hydrogen-bond acceptors (Lipinski definition) is 6. The fourth-order valence-corrected chi connectivity index (χ4v) is 4.20. The molecule has 38 heavy (non-hydrogen) atoms. The molecule has 0 fully saturated rings. The third-order valence-corrected chi connectivity index (χ3v) is 6.71. The van der Waals surface area contributed by atoms with E-state index in [1.54, 1.807) is 0 Å². The first kappa shape index (κ1) is 33.1. The van der Waals surface area contributed by atoms with Crippen LogP contribution < -0.4 is 16.0 Å². The zero-order valence-electron chi connectivity index (χ0n) is 23.8. The van der Waals surface area contributed by atoms with Crippen LogP contribution in [0.1, 0.15) is 78.7 Å². The average Bonchev–Trinajstić information content (AvgIpc) is 2.88. The monoisotopic (exact) mass is 533 g/mol. The van der Waals surface area contributed by atoms with Crippen molar-refractivity contribution in [1.29, 1.82) is 0 Å². The maximum absolute atomic E-state index is 13.2. The molecule has 5 atom stereocenters. The highest BCUT2D eigenvalue weighted by Gasteiger charge is 2.30. The van der Waals surface area contributed by atoms with Crippen molar-refractivity contribution in [3.63, 3.8) is 0 Å². The zero-order chi connectivity index (χ0) is 28.7. The molecule has 214 valence electrons. The number of benzene rings is 1. The van der Waals surface area contributed by atoms with Crippen molar-refractivity contribution in [2.45, 2.75) is 104 Å². The van der Waals surface area contributed by atoms with Gasteiger partial charge in [0, 0.05) is 19.4 Å². The van der Waals surface area contributed by atoms with E-state index in [-0.39, 0.29) is 48.9 Å². The van der Waals surface area contributed by atoms with Crippen LogP contribution in [0, 0.1) is 11.8 Å². The Balaban J connectivity index is 3.07. The van der Waals surface area contributed by atoms with Crippen LogP contribution in [0.25, 0.3) is 0 Å². The van der Waals surface area contributed by atoms with Crippen molar-refractivity contribution in [3.05, 3.63) is 35.9 Å². The molecular weight excluding hydrogens is 486 g/mol. The first-order valence-electron chi connectivity index (χ1n) is 13.6. The molecule has 0 aromatic heterocycles. The minimum Gasteiger partial charge on any atom is -0.469 e. The minimum absolute atomic E-state index is 0.0501. The predicted molar refractivity (Wildman–Crippen MR) is 147 cm³/mol. The van der Waals surface area contributed by atoms with Gasteiger partial charge in [0.1, 0.15) is 6.04 Å². The van der Waals surface area contributed by atoms with Crippen LogP contribution in [0.3, 0.4) is 0 Å². The van der Waals surface area contributed by atoms with Gasteiger partial charge in [0.2, 0.25) is 17.7 Å². The molecular formula is C29H47N3O6. The summed E-state index contributed by atoms with van der Waals surface area (Å²) in [7, 11) is 1.27. The predicted octanol–water partition coefficient (Wildman–Crippen LogP) is 2.89. The Morgan fingerprint density at radius 1 is 0.947 bits per heavy atom. The second-order valence-electron chi connectivity index (χ2n) is 10.5.